The Morgan fingerprint density at radius 1 is 1.70 bits per heavy atom. The molecule has 0 radical (unpaired) electrons. The highest BCUT2D eigenvalue weighted by Gasteiger charge is 1.94. The quantitative estimate of drug-likeness (QED) is 0.475. The molecule has 0 aromatic rings. The van der Waals surface area contributed by atoms with Crippen LogP contribution in [-0.2, 0) is 4.74 Å². The van der Waals surface area contributed by atoms with Gasteiger partial charge in [0.05, 0.1) is 0 Å². The second kappa shape index (κ2) is 5.06. The molecule has 0 unspecified atom stereocenters. The molecule has 2 nitrogen and oxygen atoms in total. The zero-order valence-corrected chi connectivity index (χ0v) is 6.68. The Bertz CT molecular complexity index is 138. The van der Waals surface area contributed by atoms with Gasteiger partial charge in [0.25, 0.3) is 0 Å². The Morgan fingerprint density at radius 3 is 2.60 bits per heavy atom. The van der Waals surface area contributed by atoms with E-state index >= 15 is 0 Å². The molecule has 0 aliphatic carbocycles. The van der Waals surface area contributed by atoms with Crippen LogP contribution in [0.4, 0.5) is 0 Å². The van der Waals surface area contributed by atoms with Crippen LogP contribution < -0.4 is 5.73 Å². The zero-order chi connectivity index (χ0) is 7.98. The van der Waals surface area contributed by atoms with Crippen molar-refractivity contribution in [1.82, 2.24) is 0 Å². The molecule has 2 heteroatoms. The van der Waals surface area contributed by atoms with Gasteiger partial charge in [0.15, 0.2) is 0 Å². The molecule has 0 aromatic heterocycles. The maximum Gasteiger partial charge on any atom is 0.117 e. The van der Waals surface area contributed by atoms with Gasteiger partial charge in [-0.15, -0.1) is 0 Å². The van der Waals surface area contributed by atoms with Crippen molar-refractivity contribution in [3.05, 3.63) is 24.0 Å². The van der Waals surface area contributed by atoms with E-state index in [1.165, 1.54) is 0 Å². The third kappa shape index (κ3) is 3.30. The Morgan fingerprint density at radius 2 is 2.30 bits per heavy atom. The third-order valence-corrected chi connectivity index (χ3v) is 1.06. The molecule has 0 aliphatic rings. The number of hydrogen-bond acceptors (Lipinski definition) is 2. The molecule has 10 heavy (non-hydrogen) atoms. The molecule has 0 spiro atoms. The van der Waals surface area contributed by atoms with Gasteiger partial charge in [0.1, 0.15) is 12.4 Å². The second-order valence-electron chi connectivity index (χ2n) is 2.07. The molecule has 0 fully saturated rings. The lowest BCUT2D eigenvalue weighted by molar-refractivity contribution is 0.229. The summed E-state index contributed by atoms with van der Waals surface area (Å²) in [7, 11) is 0. The van der Waals surface area contributed by atoms with Crippen LogP contribution in [0.1, 0.15) is 13.8 Å². The first-order valence-corrected chi connectivity index (χ1v) is 3.37. The first kappa shape index (κ1) is 9.24. The van der Waals surface area contributed by atoms with E-state index in [2.05, 4.69) is 6.58 Å². The van der Waals surface area contributed by atoms with Gasteiger partial charge in [-0.1, -0.05) is 6.58 Å². The van der Waals surface area contributed by atoms with Crippen LogP contribution in [0, 0.1) is 0 Å². The summed E-state index contributed by atoms with van der Waals surface area (Å²) in [4.78, 5) is 0. The topological polar surface area (TPSA) is 35.2 Å². The van der Waals surface area contributed by atoms with Gasteiger partial charge < -0.3 is 10.5 Å². The largest absolute Gasteiger partial charge is 0.492 e. The molecule has 0 aromatic carbocycles. The van der Waals surface area contributed by atoms with E-state index < -0.39 is 0 Å². The third-order valence-electron chi connectivity index (χ3n) is 1.06. The van der Waals surface area contributed by atoms with E-state index in [-0.39, 0.29) is 0 Å². The van der Waals surface area contributed by atoms with Crippen molar-refractivity contribution in [3.8, 4) is 0 Å². The fourth-order valence-electron chi connectivity index (χ4n) is 0.622. The maximum absolute atomic E-state index is 5.25. The Labute approximate surface area is 62.4 Å². The Hall–Kier alpha value is -0.760. The van der Waals surface area contributed by atoms with Crippen molar-refractivity contribution in [3.63, 3.8) is 0 Å². The van der Waals surface area contributed by atoms with Crippen molar-refractivity contribution < 1.29 is 4.74 Å². The zero-order valence-electron chi connectivity index (χ0n) is 6.68. The van der Waals surface area contributed by atoms with Crippen molar-refractivity contribution in [2.75, 3.05) is 13.2 Å². The van der Waals surface area contributed by atoms with Gasteiger partial charge in [0, 0.05) is 6.54 Å². The van der Waals surface area contributed by atoms with Crippen molar-refractivity contribution in [2.24, 2.45) is 5.73 Å². The minimum Gasteiger partial charge on any atom is -0.492 e. The SMILES string of the molecule is C=C(C)C(=CC)OCCN. The number of nitrogens with two attached hydrogens (primary N) is 1. The van der Waals surface area contributed by atoms with E-state index in [9.17, 15) is 0 Å². The van der Waals surface area contributed by atoms with Crippen LogP contribution in [0.25, 0.3) is 0 Å². The van der Waals surface area contributed by atoms with Crippen LogP contribution in [0.3, 0.4) is 0 Å². The molecular weight excluding hydrogens is 126 g/mol. The van der Waals surface area contributed by atoms with Gasteiger partial charge in [-0.2, -0.15) is 0 Å². The fraction of sp³-hybridized carbons (Fsp3) is 0.500. The predicted molar refractivity (Wildman–Crippen MR) is 43.6 cm³/mol. The van der Waals surface area contributed by atoms with Crippen LogP contribution in [0.15, 0.2) is 24.0 Å². The van der Waals surface area contributed by atoms with Gasteiger partial charge in [-0.05, 0) is 25.5 Å². The lowest BCUT2D eigenvalue weighted by Gasteiger charge is -2.07. The molecular formula is C8H15NO. The summed E-state index contributed by atoms with van der Waals surface area (Å²) in [5.74, 6) is 0.838. The molecule has 0 heterocycles. The van der Waals surface area contributed by atoms with E-state index in [1.54, 1.807) is 0 Å². The summed E-state index contributed by atoms with van der Waals surface area (Å²) >= 11 is 0. The number of ether oxygens (including phenoxy) is 1. The van der Waals surface area contributed by atoms with Crippen LogP contribution in [0.2, 0.25) is 0 Å². The van der Waals surface area contributed by atoms with Crippen molar-refractivity contribution >= 4 is 0 Å². The van der Waals surface area contributed by atoms with Gasteiger partial charge in [-0.3, -0.25) is 0 Å². The summed E-state index contributed by atoms with van der Waals surface area (Å²) in [5, 5.41) is 0. The van der Waals surface area contributed by atoms with E-state index in [4.69, 9.17) is 10.5 Å². The first-order chi connectivity index (χ1) is 4.72. The smallest absolute Gasteiger partial charge is 0.117 e. The van der Waals surface area contributed by atoms with Gasteiger partial charge >= 0.3 is 0 Å². The lowest BCUT2D eigenvalue weighted by atomic mass is 10.3. The van der Waals surface area contributed by atoms with Gasteiger partial charge in [0.2, 0.25) is 0 Å². The number of rotatable bonds is 4. The van der Waals surface area contributed by atoms with E-state index in [0.29, 0.717) is 13.2 Å². The van der Waals surface area contributed by atoms with Crippen LogP contribution in [0.5, 0.6) is 0 Å². The summed E-state index contributed by atoms with van der Waals surface area (Å²) in [6.07, 6.45) is 1.89. The molecule has 0 rings (SSSR count). The minimum atomic E-state index is 0.546. The minimum absolute atomic E-state index is 0.546. The first-order valence-electron chi connectivity index (χ1n) is 3.37. The molecule has 0 amide bonds. The predicted octanol–water partition coefficient (Wildman–Crippen LogP) is 1.44. The normalized spacial score (nSPS) is 11.3. The fourth-order valence-corrected chi connectivity index (χ4v) is 0.622. The molecule has 0 atom stereocenters. The highest BCUT2D eigenvalue weighted by molar-refractivity contribution is 5.18. The molecule has 0 saturated carbocycles. The van der Waals surface area contributed by atoms with Gasteiger partial charge in [-0.25, -0.2) is 0 Å². The van der Waals surface area contributed by atoms with Crippen LogP contribution >= 0.6 is 0 Å². The summed E-state index contributed by atoms with van der Waals surface area (Å²) < 4.78 is 5.24. The van der Waals surface area contributed by atoms with Crippen molar-refractivity contribution in [2.45, 2.75) is 13.8 Å². The highest BCUT2D eigenvalue weighted by atomic mass is 16.5. The van der Waals surface area contributed by atoms with Crippen LogP contribution in [-0.4, -0.2) is 13.2 Å². The average molecular weight is 141 g/mol. The Balaban J connectivity index is 3.74. The summed E-state index contributed by atoms with van der Waals surface area (Å²) in [6.45, 7) is 8.68. The summed E-state index contributed by atoms with van der Waals surface area (Å²) in [5.41, 5.74) is 6.19. The average Bonchev–Trinajstić information content (AvgIpc) is 1.89. The second-order valence-corrected chi connectivity index (χ2v) is 2.07. The molecule has 0 saturated heterocycles. The highest BCUT2D eigenvalue weighted by Crippen LogP contribution is 2.06. The Kier molecular flexibility index (Phi) is 4.67. The monoisotopic (exact) mass is 141 g/mol. The molecule has 0 aliphatic heterocycles. The maximum atomic E-state index is 5.25. The summed E-state index contributed by atoms with van der Waals surface area (Å²) in [6, 6.07) is 0. The van der Waals surface area contributed by atoms with Crippen molar-refractivity contribution in [1.29, 1.82) is 0 Å². The van der Waals surface area contributed by atoms with E-state index in [0.717, 1.165) is 11.3 Å². The number of allylic oxidation sites excluding steroid dienone is 2. The lowest BCUT2D eigenvalue weighted by Crippen LogP contribution is -2.08. The number of hydrogen-bond donors (Lipinski definition) is 1. The molecule has 0 bridgehead atoms. The molecule has 2 N–H and O–H groups in total. The van der Waals surface area contributed by atoms with E-state index in [1.807, 2.05) is 19.9 Å². The molecule has 58 valence electrons. The standard InChI is InChI=1S/C8H15NO/c1-4-8(7(2)3)10-6-5-9/h4H,2,5-6,9H2,1,3H3.